The highest BCUT2D eigenvalue weighted by atomic mass is 35.5. The summed E-state index contributed by atoms with van der Waals surface area (Å²) < 4.78 is 5.95. The maximum atomic E-state index is 12.8. The summed E-state index contributed by atoms with van der Waals surface area (Å²) in [5.74, 6) is 0.986. The molecule has 5 unspecified atom stereocenters. The van der Waals surface area contributed by atoms with E-state index in [4.69, 9.17) is 16.3 Å². The number of allylic oxidation sites excluding steroid dienone is 1. The van der Waals surface area contributed by atoms with Crippen LogP contribution in [0.1, 0.15) is 39.0 Å². The molecule has 5 rings (SSSR count). The summed E-state index contributed by atoms with van der Waals surface area (Å²) in [6, 6.07) is 8.09. The average Bonchev–Trinajstić information content (AvgIpc) is 3.01. The van der Waals surface area contributed by atoms with Crippen LogP contribution in [0.5, 0.6) is 0 Å². The highest BCUT2D eigenvalue weighted by molar-refractivity contribution is 6.30. The van der Waals surface area contributed by atoms with Crippen LogP contribution in [-0.2, 0) is 9.53 Å². The highest BCUT2D eigenvalue weighted by Gasteiger charge is 2.55. The van der Waals surface area contributed by atoms with Crippen LogP contribution in [-0.4, -0.2) is 49.7 Å². The molecule has 0 N–H and O–H groups in total. The van der Waals surface area contributed by atoms with Crippen molar-refractivity contribution in [3.05, 3.63) is 41.4 Å². The molecule has 30 heavy (non-hydrogen) atoms. The van der Waals surface area contributed by atoms with Crippen LogP contribution in [0.25, 0.3) is 0 Å². The molecule has 1 aromatic carbocycles. The van der Waals surface area contributed by atoms with Crippen molar-refractivity contribution in [2.75, 3.05) is 37.6 Å². The number of carbonyl (C=O) groups excluding carboxylic acids is 1. The Morgan fingerprint density at radius 2 is 1.93 bits per heavy atom. The summed E-state index contributed by atoms with van der Waals surface area (Å²) in [7, 11) is 0. The second-order valence-electron chi connectivity index (χ2n) is 10.2. The summed E-state index contributed by atoms with van der Waals surface area (Å²) in [4.78, 5) is 17.7. The van der Waals surface area contributed by atoms with Crippen molar-refractivity contribution in [2.45, 2.75) is 45.1 Å². The lowest BCUT2D eigenvalue weighted by atomic mass is 9.55. The monoisotopic (exact) mass is 428 g/mol. The topological polar surface area (TPSA) is 32.8 Å². The summed E-state index contributed by atoms with van der Waals surface area (Å²) in [5.41, 5.74) is 2.91. The number of carbonyl (C=O) groups is 1. The zero-order chi connectivity index (χ0) is 20.9. The van der Waals surface area contributed by atoms with Gasteiger partial charge in [-0.15, -0.1) is 0 Å². The lowest BCUT2D eigenvalue weighted by molar-refractivity contribution is -0.146. The van der Waals surface area contributed by atoms with E-state index in [0.29, 0.717) is 11.8 Å². The van der Waals surface area contributed by atoms with Gasteiger partial charge in [0.2, 0.25) is 0 Å². The Bertz CT molecular complexity index is 817. The molecule has 4 aliphatic rings. The zero-order valence-electron chi connectivity index (χ0n) is 18.0. The minimum absolute atomic E-state index is 0.0244. The van der Waals surface area contributed by atoms with Crippen LogP contribution in [0, 0.1) is 23.2 Å². The third kappa shape index (κ3) is 3.67. The maximum Gasteiger partial charge on any atom is 0.310 e. The van der Waals surface area contributed by atoms with E-state index in [1.165, 1.54) is 24.1 Å². The molecule has 1 aromatic rings. The van der Waals surface area contributed by atoms with Crippen LogP contribution in [0.4, 0.5) is 5.69 Å². The Morgan fingerprint density at radius 3 is 2.67 bits per heavy atom. The molecule has 5 heteroatoms. The summed E-state index contributed by atoms with van der Waals surface area (Å²) in [6.07, 6.45) is 5.86. The molecule has 2 aliphatic carbocycles. The average molecular weight is 429 g/mol. The first-order valence-corrected chi connectivity index (χ1v) is 11.9. The van der Waals surface area contributed by atoms with Crippen molar-refractivity contribution in [1.82, 2.24) is 4.90 Å². The minimum Gasteiger partial charge on any atom is -0.462 e. The molecule has 5 atom stereocenters. The predicted molar refractivity (Wildman–Crippen MR) is 121 cm³/mol. The number of hydrogen-bond donors (Lipinski definition) is 0. The van der Waals surface area contributed by atoms with Crippen LogP contribution < -0.4 is 4.90 Å². The molecule has 4 nitrogen and oxygen atoms in total. The number of anilines is 1. The van der Waals surface area contributed by atoms with E-state index in [1.54, 1.807) is 0 Å². The normalized spacial score (nSPS) is 36.9. The molecular formula is C25H33ClN2O2. The Hall–Kier alpha value is -1.52. The van der Waals surface area contributed by atoms with Crippen molar-refractivity contribution < 1.29 is 9.53 Å². The van der Waals surface area contributed by atoms with Gasteiger partial charge >= 0.3 is 5.97 Å². The van der Waals surface area contributed by atoms with E-state index >= 15 is 0 Å². The Morgan fingerprint density at radius 1 is 1.20 bits per heavy atom. The summed E-state index contributed by atoms with van der Waals surface area (Å²) in [6.45, 7) is 11.6. The molecule has 2 aliphatic heterocycles. The van der Waals surface area contributed by atoms with Crippen molar-refractivity contribution in [3.63, 3.8) is 0 Å². The molecule has 2 heterocycles. The lowest BCUT2D eigenvalue weighted by Gasteiger charge is -2.50. The van der Waals surface area contributed by atoms with Gasteiger partial charge in [0, 0.05) is 49.4 Å². The van der Waals surface area contributed by atoms with E-state index in [9.17, 15) is 4.79 Å². The van der Waals surface area contributed by atoms with Crippen LogP contribution in [0.15, 0.2) is 36.4 Å². The lowest BCUT2D eigenvalue weighted by Crippen LogP contribution is -2.50. The number of piperazine rings is 1. The standard InChI is InChI=1S/C25H33ClN2O2/c1-17-4-3-9-25(2)15-23-20(14-22(17)25)21(24(29)30-23)16-27-10-12-28(13-11-27)19-7-5-18(26)6-8-19/h5-8,20-23H,1,3-4,9-16H2,2H3. The van der Waals surface area contributed by atoms with Gasteiger partial charge in [-0.05, 0) is 67.7 Å². The number of hydrogen-bond acceptors (Lipinski definition) is 4. The number of halogens is 1. The van der Waals surface area contributed by atoms with Crippen molar-refractivity contribution >= 4 is 23.3 Å². The van der Waals surface area contributed by atoms with Crippen molar-refractivity contribution in [2.24, 2.45) is 23.2 Å². The SMILES string of the molecule is C=C1CCCC2(C)CC3OC(=O)C(CN4CCN(c5ccc(Cl)cc5)CC4)C3CC12. The fraction of sp³-hybridized carbons (Fsp3) is 0.640. The maximum absolute atomic E-state index is 12.8. The van der Waals surface area contributed by atoms with Gasteiger partial charge in [0.15, 0.2) is 0 Å². The second kappa shape index (κ2) is 7.87. The smallest absolute Gasteiger partial charge is 0.310 e. The van der Waals surface area contributed by atoms with E-state index in [1.807, 2.05) is 12.1 Å². The molecular weight excluding hydrogens is 396 g/mol. The summed E-state index contributed by atoms with van der Waals surface area (Å²) >= 11 is 6.02. The van der Waals surface area contributed by atoms with Gasteiger partial charge in [-0.25, -0.2) is 0 Å². The molecule has 0 bridgehead atoms. The second-order valence-corrected chi connectivity index (χ2v) is 10.6. The quantitative estimate of drug-likeness (QED) is 0.512. The number of ether oxygens (including phenoxy) is 1. The van der Waals surface area contributed by atoms with Gasteiger partial charge in [-0.3, -0.25) is 9.69 Å². The minimum atomic E-state index is 0.0244. The zero-order valence-corrected chi connectivity index (χ0v) is 18.7. The molecule has 4 fully saturated rings. The predicted octanol–water partition coefficient (Wildman–Crippen LogP) is 4.78. The molecule has 162 valence electrons. The van der Waals surface area contributed by atoms with Crippen molar-refractivity contribution in [3.8, 4) is 0 Å². The third-order valence-corrected chi connectivity index (χ3v) is 8.59. The van der Waals surface area contributed by atoms with E-state index in [0.717, 1.165) is 57.0 Å². The fourth-order valence-electron chi connectivity index (χ4n) is 6.58. The Balaban J connectivity index is 1.22. The fourth-order valence-corrected chi connectivity index (χ4v) is 6.71. The molecule has 0 spiro atoms. The van der Waals surface area contributed by atoms with Crippen LogP contribution in [0.2, 0.25) is 5.02 Å². The number of nitrogens with zero attached hydrogens (tertiary/aromatic N) is 2. The van der Waals surface area contributed by atoms with Gasteiger partial charge < -0.3 is 9.64 Å². The first-order valence-electron chi connectivity index (χ1n) is 11.5. The molecule has 2 saturated carbocycles. The van der Waals surface area contributed by atoms with E-state index in [2.05, 4.69) is 35.4 Å². The Kier molecular flexibility index (Phi) is 5.35. The number of esters is 1. The first kappa shape index (κ1) is 20.4. The molecule has 0 aromatic heterocycles. The largest absolute Gasteiger partial charge is 0.462 e. The number of rotatable bonds is 3. The molecule has 0 radical (unpaired) electrons. The van der Waals surface area contributed by atoms with Crippen LogP contribution >= 0.6 is 11.6 Å². The van der Waals surface area contributed by atoms with E-state index in [-0.39, 0.29) is 23.4 Å². The molecule has 2 saturated heterocycles. The van der Waals surface area contributed by atoms with Gasteiger partial charge in [-0.1, -0.05) is 30.7 Å². The van der Waals surface area contributed by atoms with Crippen LogP contribution in [0.3, 0.4) is 0 Å². The molecule has 0 amide bonds. The number of benzene rings is 1. The first-order chi connectivity index (χ1) is 14.4. The van der Waals surface area contributed by atoms with Gasteiger partial charge in [-0.2, -0.15) is 0 Å². The van der Waals surface area contributed by atoms with Gasteiger partial charge in [0.25, 0.3) is 0 Å². The summed E-state index contributed by atoms with van der Waals surface area (Å²) in [5, 5.41) is 0.774. The van der Waals surface area contributed by atoms with E-state index < -0.39 is 0 Å². The Labute approximate surface area is 185 Å². The third-order valence-electron chi connectivity index (χ3n) is 8.34. The van der Waals surface area contributed by atoms with Gasteiger partial charge in [0.05, 0.1) is 5.92 Å². The number of fused-ring (bicyclic) bond motifs is 2. The van der Waals surface area contributed by atoms with Crippen molar-refractivity contribution in [1.29, 1.82) is 0 Å². The van der Waals surface area contributed by atoms with Gasteiger partial charge in [0.1, 0.15) is 6.10 Å². The highest BCUT2D eigenvalue weighted by Crippen LogP contribution is 2.56.